The molecule has 226 valence electrons. The standard InChI is InChI=1S/C34H45N3O4S/c1-3-37(29-12-8-5-9-13-29)32(38)31(28-10-6-4-7-11-28)18-22-35-23-19-34(20-24-35)21-25-36(33(34)39)26-27-14-16-30(17-15-27)42(2,40)41/h3-4,6-7,10-11,14-17,29,31H,1,5,8-9,12-13,18-26H2,2H3. The Labute approximate surface area is 251 Å². The second kappa shape index (κ2) is 13.1. The van der Waals surface area contributed by atoms with Gasteiger partial charge in [-0.2, -0.15) is 0 Å². The summed E-state index contributed by atoms with van der Waals surface area (Å²) >= 11 is 0. The number of nitrogens with zero attached hydrogens (tertiary/aromatic N) is 3. The molecule has 5 rings (SSSR count). The molecule has 2 aliphatic heterocycles. The van der Waals surface area contributed by atoms with Gasteiger partial charge in [0.2, 0.25) is 11.8 Å². The topological polar surface area (TPSA) is 78.0 Å². The van der Waals surface area contributed by atoms with E-state index in [0.29, 0.717) is 11.4 Å². The van der Waals surface area contributed by atoms with E-state index in [0.717, 1.165) is 75.8 Å². The maximum absolute atomic E-state index is 13.9. The first-order valence-corrected chi connectivity index (χ1v) is 17.4. The molecule has 7 nitrogen and oxygen atoms in total. The molecule has 2 aromatic carbocycles. The third-order valence-electron chi connectivity index (χ3n) is 9.79. The number of hydrogen-bond donors (Lipinski definition) is 0. The number of carbonyl (C=O) groups excluding carboxylic acids is 2. The zero-order valence-electron chi connectivity index (χ0n) is 24.9. The first-order chi connectivity index (χ1) is 20.2. The van der Waals surface area contributed by atoms with Gasteiger partial charge in [-0.15, -0.1) is 0 Å². The largest absolute Gasteiger partial charge is 0.338 e. The van der Waals surface area contributed by atoms with Crippen LogP contribution in [0.25, 0.3) is 0 Å². The average Bonchev–Trinajstić information content (AvgIpc) is 3.29. The minimum absolute atomic E-state index is 0.155. The Hall–Kier alpha value is -2.97. The summed E-state index contributed by atoms with van der Waals surface area (Å²) in [6, 6.07) is 17.3. The smallest absolute Gasteiger partial charge is 0.234 e. The number of benzene rings is 2. The molecule has 8 heteroatoms. The van der Waals surface area contributed by atoms with Crippen molar-refractivity contribution >= 4 is 21.7 Å². The summed E-state index contributed by atoms with van der Waals surface area (Å²) in [6.45, 7) is 7.78. The van der Waals surface area contributed by atoms with Crippen LogP contribution < -0.4 is 0 Å². The van der Waals surface area contributed by atoms with Gasteiger partial charge in [-0.05, 0) is 87.6 Å². The quantitative estimate of drug-likeness (QED) is 0.371. The maximum atomic E-state index is 13.9. The molecule has 1 saturated carbocycles. The van der Waals surface area contributed by atoms with Gasteiger partial charge in [-0.3, -0.25) is 9.59 Å². The molecule has 3 fully saturated rings. The molecule has 1 atom stereocenters. The molecule has 2 aromatic rings. The van der Waals surface area contributed by atoms with Gasteiger partial charge in [0.15, 0.2) is 9.84 Å². The first-order valence-electron chi connectivity index (χ1n) is 15.5. The summed E-state index contributed by atoms with van der Waals surface area (Å²) in [5, 5.41) is 0. The van der Waals surface area contributed by atoms with E-state index in [9.17, 15) is 18.0 Å². The Morgan fingerprint density at radius 3 is 2.26 bits per heavy atom. The predicted octanol–water partition coefficient (Wildman–Crippen LogP) is 5.38. The normalized spacial score (nSPS) is 20.5. The summed E-state index contributed by atoms with van der Waals surface area (Å²) in [5.41, 5.74) is 1.70. The Morgan fingerprint density at radius 1 is 1.00 bits per heavy atom. The van der Waals surface area contributed by atoms with Crippen LogP contribution >= 0.6 is 0 Å². The molecule has 2 amide bonds. The Morgan fingerprint density at radius 2 is 1.64 bits per heavy atom. The monoisotopic (exact) mass is 591 g/mol. The fraction of sp³-hybridized carbons (Fsp3) is 0.529. The summed E-state index contributed by atoms with van der Waals surface area (Å²) in [5.74, 6) is 0.170. The molecular formula is C34H45N3O4S. The lowest BCUT2D eigenvalue weighted by molar-refractivity contribution is -0.138. The van der Waals surface area contributed by atoms with E-state index in [4.69, 9.17) is 0 Å². The summed E-state index contributed by atoms with van der Waals surface area (Å²) < 4.78 is 23.6. The molecule has 0 N–H and O–H groups in total. The van der Waals surface area contributed by atoms with Crippen LogP contribution in [-0.2, 0) is 26.0 Å². The lowest BCUT2D eigenvalue weighted by Gasteiger charge is -2.39. The van der Waals surface area contributed by atoms with Gasteiger partial charge in [0.05, 0.1) is 16.2 Å². The van der Waals surface area contributed by atoms with Gasteiger partial charge in [0, 0.05) is 25.4 Å². The molecule has 3 aliphatic rings. The molecule has 2 heterocycles. The van der Waals surface area contributed by atoms with Gasteiger partial charge in [-0.1, -0.05) is 68.3 Å². The van der Waals surface area contributed by atoms with E-state index in [1.807, 2.05) is 40.1 Å². The third kappa shape index (κ3) is 6.81. The van der Waals surface area contributed by atoms with Crippen molar-refractivity contribution in [3.63, 3.8) is 0 Å². The van der Waals surface area contributed by atoms with Crippen molar-refractivity contribution in [2.24, 2.45) is 5.41 Å². The predicted molar refractivity (Wildman–Crippen MR) is 165 cm³/mol. The lowest BCUT2D eigenvalue weighted by atomic mass is 9.77. The van der Waals surface area contributed by atoms with Crippen LogP contribution in [0.5, 0.6) is 0 Å². The number of hydrogen-bond acceptors (Lipinski definition) is 5. The molecule has 42 heavy (non-hydrogen) atoms. The van der Waals surface area contributed by atoms with Gasteiger partial charge in [-0.25, -0.2) is 8.42 Å². The van der Waals surface area contributed by atoms with Crippen molar-refractivity contribution in [2.45, 2.75) is 81.2 Å². The van der Waals surface area contributed by atoms with Crippen LogP contribution in [0.3, 0.4) is 0 Å². The minimum atomic E-state index is -3.24. The second-order valence-corrected chi connectivity index (χ2v) is 14.5. The van der Waals surface area contributed by atoms with Crippen molar-refractivity contribution in [2.75, 3.05) is 32.4 Å². The van der Waals surface area contributed by atoms with E-state index in [2.05, 4.69) is 23.6 Å². The summed E-state index contributed by atoms with van der Waals surface area (Å²) in [4.78, 5) is 34.0. The van der Waals surface area contributed by atoms with Gasteiger partial charge >= 0.3 is 0 Å². The molecule has 1 spiro atoms. The van der Waals surface area contributed by atoms with Crippen LogP contribution in [0.2, 0.25) is 0 Å². The van der Waals surface area contributed by atoms with E-state index >= 15 is 0 Å². The van der Waals surface area contributed by atoms with Crippen LogP contribution in [0.1, 0.15) is 74.8 Å². The zero-order valence-corrected chi connectivity index (χ0v) is 25.7. The molecule has 0 aromatic heterocycles. The Kier molecular flexibility index (Phi) is 9.53. The molecule has 0 radical (unpaired) electrons. The van der Waals surface area contributed by atoms with Crippen LogP contribution in [0, 0.1) is 5.41 Å². The highest BCUT2D eigenvalue weighted by molar-refractivity contribution is 7.90. The second-order valence-electron chi connectivity index (χ2n) is 12.5. The highest BCUT2D eigenvalue weighted by Crippen LogP contribution is 2.42. The maximum Gasteiger partial charge on any atom is 0.234 e. The molecule has 1 aliphatic carbocycles. The van der Waals surface area contributed by atoms with Crippen molar-refractivity contribution in [1.29, 1.82) is 0 Å². The van der Waals surface area contributed by atoms with Crippen LogP contribution in [-0.4, -0.2) is 73.4 Å². The number of carbonyl (C=O) groups is 2. The first kappa shape index (κ1) is 30.5. The minimum Gasteiger partial charge on any atom is -0.338 e. The lowest BCUT2D eigenvalue weighted by Crippen LogP contribution is -2.45. The average molecular weight is 592 g/mol. The number of amides is 2. The van der Waals surface area contributed by atoms with Crippen molar-refractivity contribution in [3.8, 4) is 0 Å². The SMILES string of the molecule is C=CN(C(=O)C(CCN1CCC2(CC1)CCN(Cc1ccc(S(C)(=O)=O)cc1)C2=O)c1ccccc1)C1CCCCC1. The van der Waals surface area contributed by atoms with Crippen LogP contribution in [0.4, 0.5) is 0 Å². The van der Waals surface area contributed by atoms with E-state index < -0.39 is 9.84 Å². The fourth-order valence-electron chi connectivity index (χ4n) is 7.16. The van der Waals surface area contributed by atoms with E-state index in [-0.39, 0.29) is 29.2 Å². The van der Waals surface area contributed by atoms with Gasteiger partial charge < -0.3 is 14.7 Å². The summed E-state index contributed by atoms with van der Waals surface area (Å²) in [6.07, 6.45) is 11.9. The molecular weight excluding hydrogens is 546 g/mol. The third-order valence-corrected chi connectivity index (χ3v) is 10.9. The highest BCUT2D eigenvalue weighted by atomic mass is 32.2. The fourth-order valence-corrected chi connectivity index (χ4v) is 7.79. The van der Waals surface area contributed by atoms with Gasteiger partial charge in [0.1, 0.15) is 0 Å². The van der Waals surface area contributed by atoms with Crippen molar-refractivity contribution in [3.05, 3.63) is 78.5 Å². The van der Waals surface area contributed by atoms with Crippen molar-refractivity contribution < 1.29 is 18.0 Å². The number of piperidine rings is 1. The number of likely N-dealkylation sites (tertiary alicyclic amines) is 2. The molecule has 0 bridgehead atoms. The van der Waals surface area contributed by atoms with E-state index in [1.54, 1.807) is 18.3 Å². The van der Waals surface area contributed by atoms with Gasteiger partial charge in [0.25, 0.3) is 0 Å². The molecule has 2 saturated heterocycles. The summed E-state index contributed by atoms with van der Waals surface area (Å²) in [7, 11) is -3.24. The Balaban J connectivity index is 1.18. The molecule has 1 unspecified atom stereocenters. The zero-order chi connectivity index (χ0) is 29.7. The highest BCUT2D eigenvalue weighted by Gasteiger charge is 2.48. The Bertz CT molecular complexity index is 1340. The number of rotatable bonds is 10. The van der Waals surface area contributed by atoms with Crippen molar-refractivity contribution in [1.82, 2.24) is 14.7 Å². The van der Waals surface area contributed by atoms with Crippen LogP contribution in [0.15, 0.2) is 72.3 Å². The number of sulfone groups is 1. The van der Waals surface area contributed by atoms with E-state index in [1.165, 1.54) is 25.5 Å².